The third-order valence-electron chi connectivity index (χ3n) is 0. The molecule has 0 aromatic rings. The molecular weight excluding hydrogens is 143 g/mol. The van der Waals surface area contributed by atoms with E-state index in [1.54, 1.807) is 0 Å². The minimum atomic E-state index is 0. The van der Waals surface area contributed by atoms with E-state index in [0.29, 0.717) is 0 Å². The third-order valence-corrected chi connectivity index (χ3v) is 0. The summed E-state index contributed by atoms with van der Waals surface area (Å²) >= 11 is 0. The standard InChI is InChI=1S/Co.3H3N.3H2N/h;3*1H3;3*1H2/q+3;;;;3*-1. The maximum atomic E-state index is 0. The fourth-order valence-electron chi connectivity index (χ4n) is 0. The first-order valence-electron chi connectivity index (χ1n) is 0. The SMILES string of the molecule is N.N.N.[Co+3].[NH2-].[NH2-].[NH2-]. The molecule has 0 atom stereocenters. The predicted octanol–water partition coefficient (Wildman–Crippen LogP) is 2.63. The Morgan fingerprint density at radius 1 is 0.429 bits per heavy atom. The molecule has 0 bridgehead atoms. The Balaban J connectivity index is 0. The van der Waals surface area contributed by atoms with Gasteiger partial charge in [0.2, 0.25) is 0 Å². The zero-order chi connectivity index (χ0) is 0. The topological polar surface area (TPSA) is 206 Å². The molecule has 0 fully saturated rings. The zero-order valence-corrected chi connectivity index (χ0v) is 5.23. The van der Waals surface area contributed by atoms with Gasteiger partial charge in [-0.2, -0.15) is 0 Å². The molecule has 0 heterocycles. The van der Waals surface area contributed by atoms with Crippen LogP contribution in [0.1, 0.15) is 0 Å². The molecule has 0 rings (SSSR count). The van der Waals surface area contributed by atoms with Gasteiger partial charge in [-0.05, 0) is 0 Å². The fourth-order valence-corrected chi connectivity index (χ4v) is 0. The Morgan fingerprint density at radius 2 is 0.429 bits per heavy atom. The van der Waals surface area contributed by atoms with Crippen LogP contribution in [0.3, 0.4) is 0 Å². The van der Waals surface area contributed by atoms with Crippen molar-refractivity contribution in [1.82, 2.24) is 18.5 Å². The van der Waals surface area contributed by atoms with Crippen LogP contribution in [0.2, 0.25) is 0 Å². The summed E-state index contributed by atoms with van der Waals surface area (Å²) in [6.45, 7) is 0. The van der Waals surface area contributed by atoms with Crippen molar-refractivity contribution in [2.45, 2.75) is 0 Å². The Hall–Kier alpha value is 0.266. The number of rotatable bonds is 0. The van der Waals surface area contributed by atoms with Crippen LogP contribution >= 0.6 is 0 Å². The van der Waals surface area contributed by atoms with Gasteiger partial charge in [0.15, 0.2) is 0 Å². The van der Waals surface area contributed by atoms with Crippen LogP contribution in [0, 0.1) is 0 Å². The van der Waals surface area contributed by atoms with Gasteiger partial charge in [0, 0.05) is 0 Å². The Bertz CT molecular complexity index is 4.14. The molecule has 0 aromatic carbocycles. The van der Waals surface area contributed by atoms with E-state index in [1.165, 1.54) is 0 Å². The average molecular weight is 158 g/mol. The van der Waals surface area contributed by atoms with Crippen LogP contribution in [-0.2, 0) is 16.8 Å². The van der Waals surface area contributed by atoms with E-state index in [9.17, 15) is 0 Å². The van der Waals surface area contributed by atoms with Crippen LogP contribution in [0.5, 0.6) is 0 Å². The quantitative estimate of drug-likeness (QED) is 0.485. The molecule has 7 heavy (non-hydrogen) atoms. The molecule has 0 aromatic heterocycles. The third kappa shape index (κ3) is 1610. The van der Waals surface area contributed by atoms with Gasteiger partial charge >= 0.3 is 16.8 Å². The van der Waals surface area contributed by atoms with Gasteiger partial charge in [0.25, 0.3) is 0 Å². The van der Waals surface area contributed by atoms with Gasteiger partial charge in [0.1, 0.15) is 0 Å². The molecule has 0 radical (unpaired) electrons. The van der Waals surface area contributed by atoms with E-state index >= 15 is 0 Å². The first-order valence-corrected chi connectivity index (χ1v) is 0. The summed E-state index contributed by atoms with van der Waals surface area (Å²) in [5.74, 6) is 0. The van der Waals surface area contributed by atoms with Crippen LogP contribution in [0.15, 0.2) is 0 Å². The van der Waals surface area contributed by atoms with E-state index in [4.69, 9.17) is 0 Å². The predicted molar refractivity (Wildman–Crippen MR) is 30.9 cm³/mol. The molecular formula is H15CoN6. The van der Waals surface area contributed by atoms with E-state index < -0.39 is 0 Å². The minimum Gasteiger partial charge on any atom is -0.693 e. The molecule has 0 aliphatic carbocycles. The van der Waals surface area contributed by atoms with Crippen LogP contribution in [-0.4, -0.2) is 0 Å². The summed E-state index contributed by atoms with van der Waals surface area (Å²) in [5.41, 5.74) is 0. The molecule has 15 N–H and O–H groups in total. The summed E-state index contributed by atoms with van der Waals surface area (Å²) in [4.78, 5) is 0. The molecule has 7 heteroatoms. The average Bonchev–Trinajstić information content (AvgIpc) is 0. The number of hydrogen-bond acceptors (Lipinski definition) is 3. The molecule has 6 nitrogen and oxygen atoms in total. The summed E-state index contributed by atoms with van der Waals surface area (Å²) < 4.78 is 0. The van der Waals surface area contributed by atoms with E-state index in [1.807, 2.05) is 0 Å². The largest absolute Gasteiger partial charge is 3.00 e. The monoisotopic (exact) mass is 158 g/mol. The Labute approximate surface area is 54.5 Å². The Kier molecular flexibility index (Phi) is 1400000. The van der Waals surface area contributed by atoms with Crippen LogP contribution in [0.4, 0.5) is 0 Å². The van der Waals surface area contributed by atoms with Crippen LogP contribution < -0.4 is 18.5 Å². The van der Waals surface area contributed by atoms with Crippen molar-refractivity contribution in [2.75, 3.05) is 0 Å². The first kappa shape index (κ1) is 4020. The van der Waals surface area contributed by atoms with Crippen molar-refractivity contribution in [3.05, 3.63) is 18.5 Å². The summed E-state index contributed by atoms with van der Waals surface area (Å²) in [5, 5.41) is 0. The van der Waals surface area contributed by atoms with Gasteiger partial charge in [-0.15, -0.1) is 0 Å². The second-order valence-electron chi connectivity index (χ2n) is 0. The van der Waals surface area contributed by atoms with E-state index in [0.717, 1.165) is 0 Å². The second kappa shape index (κ2) is 2450. The molecule has 0 unspecified atom stereocenters. The smallest absolute Gasteiger partial charge is 0.693 e. The number of nitrogens with two attached hydrogens (primary N) is 3. The van der Waals surface area contributed by atoms with Gasteiger partial charge in [-0.1, -0.05) is 0 Å². The van der Waals surface area contributed by atoms with Gasteiger partial charge in [0.05, 0.1) is 0 Å². The van der Waals surface area contributed by atoms with Gasteiger partial charge in [-0.3, -0.25) is 0 Å². The molecule has 0 saturated heterocycles. The normalized spacial score (nSPS) is 0. The maximum absolute atomic E-state index is 0. The van der Waals surface area contributed by atoms with E-state index in [2.05, 4.69) is 0 Å². The molecule has 0 aliphatic heterocycles. The summed E-state index contributed by atoms with van der Waals surface area (Å²) in [6, 6.07) is 0. The summed E-state index contributed by atoms with van der Waals surface area (Å²) in [6.07, 6.45) is 0. The van der Waals surface area contributed by atoms with Gasteiger partial charge in [-0.25, -0.2) is 0 Å². The summed E-state index contributed by atoms with van der Waals surface area (Å²) in [7, 11) is 0. The molecule has 0 amide bonds. The van der Waals surface area contributed by atoms with Crippen molar-refractivity contribution in [1.29, 1.82) is 0 Å². The molecule has 0 saturated carbocycles. The molecule has 0 aliphatic rings. The second-order valence-corrected chi connectivity index (χ2v) is 0. The Morgan fingerprint density at radius 3 is 0.429 bits per heavy atom. The van der Waals surface area contributed by atoms with Crippen molar-refractivity contribution in [3.63, 3.8) is 0 Å². The van der Waals surface area contributed by atoms with Crippen molar-refractivity contribution in [2.24, 2.45) is 0 Å². The van der Waals surface area contributed by atoms with Crippen molar-refractivity contribution < 1.29 is 16.8 Å². The van der Waals surface area contributed by atoms with Crippen LogP contribution in [0.25, 0.3) is 18.5 Å². The van der Waals surface area contributed by atoms with Gasteiger partial charge < -0.3 is 36.9 Å². The van der Waals surface area contributed by atoms with Crippen molar-refractivity contribution in [3.8, 4) is 0 Å². The molecule has 54 valence electrons. The molecule has 0 spiro atoms. The zero-order valence-electron chi connectivity index (χ0n) is 4.19. The maximum Gasteiger partial charge on any atom is 3.00 e. The minimum absolute atomic E-state index is 0. The number of hydrogen-bond donors (Lipinski definition) is 3. The fraction of sp³-hybridized carbons (Fsp3) is 0. The van der Waals surface area contributed by atoms with E-state index in [-0.39, 0.29) is 53.7 Å². The van der Waals surface area contributed by atoms with Crippen molar-refractivity contribution >= 4 is 0 Å². The first-order chi connectivity index (χ1) is 0.